The van der Waals surface area contributed by atoms with Crippen LogP contribution in [0.15, 0.2) is 30.3 Å². The molecule has 10 nitrogen and oxygen atoms in total. The highest BCUT2D eigenvalue weighted by Crippen LogP contribution is 2.41. The van der Waals surface area contributed by atoms with Gasteiger partial charge in [-0.1, -0.05) is 6.07 Å². The third-order valence-electron chi connectivity index (χ3n) is 5.18. The van der Waals surface area contributed by atoms with Gasteiger partial charge >= 0.3 is 0 Å². The molecule has 0 fully saturated rings. The summed E-state index contributed by atoms with van der Waals surface area (Å²) in [6.45, 7) is -1.23. The van der Waals surface area contributed by atoms with Crippen LogP contribution in [0.3, 0.4) is 0 Å². The van der Waals surface area contributed by atoms with Gasteiger partial charge in [-0.15, -0.1) is 0 Å². The Labute approximate surface area is 198 Å². The normalized spacial score (nSPS) is 12.9. The molecule has 0 aromatic heterocycles. The zero-order valence-electron chi connectivity index (χ0n) is 19.6. The van der Waals surface area contributed by atoms with Crippen molar-refractivity contribution in [2.24, 2.45) is 0 Å². The number of aliphatic hydroxyl groups is 5. The number of hydrogen-bond acceptors (Lipinski definition) is 10. The number of benzene rings is 2. The van der Waals surface area contributed by atoms with Crippen molar-refractivity contribution in [3.05, 3.63) is 41.5 Å². The summed E-state index contributed by atoms with van der Waals surface area (Å²) in [6.07, 6.45) is -1.98. The molecular formula is C24H34O10. The molecule has 0 aliphatic carbocycles. The highest BCUT2D eigenvalue weighted by Gasteiger charge is 2.27. The molecule has 0 aliphatic heterocycles. The van der Waals surface area contributed by atoms with Crippen molar-refractivity contribution in [3.8, 4) is 28.7 Å². The van der Waals surface area contributed by atoms with E-state index < -0.39 is 24.9 Å². The van der Waals surface area contributed by atoms with Crippen LogP contribution in [0.2, 0.25) is 0 Å². The maximum atomic E-state index is 11.0. The van der Waals surface area contributed by atoms with Crippen LogP contribution in [0.1, 0.15) is 23.7 Å². The molecule has 5 N–H and O–H groups in total. The van der Waals surface area contributed by atoms with Gasteiger partial charge in [0.05, 0.1) is 41.2 Å². The predicted octanol–water partition coefficient (Wildman–Crippen LogP) is 0.843. The molecule has 0 bridgehead atoms. The highest BCUT2D eigenvalue weighted by molar-refractivity contribution is 5.54. The van der Waals surface area contributed by atoms with Gasteiger partial charge in [-0.2, -0.15) is 0 Å². The summed E-state index contributed by atoms with van der Waals surface area (Å²) in [4.78, 5) is 0. The van der Waals surface area contributed by atoms with E-state index in [0.29, 0.717) is 29.9 Å². The van der Waals surface area contributed by atoms with Crippen molar-refractivity contribution in [2.45, 2.75) is 31.2 Å². The Kier molecular flexibility index (Phi) is 11.2. The van der Waals surface area contributed by atoms with E-state index in [9.17, 15) is 20.4 Å². The summed E-state index contributed by atoms with van der Waals surface area (Å²) in [6, 6.07) is 8.11. The smallest absolute Gasteiger partial charge is 0.204 e. The zero-order chi connectivity index (χ0) is 25.1. The fourth-order valence-electron chi connectivity index (χ4n) is 3.32. The summed E-state index contributed by atoms with van der Waals surface area (Å²) in [7, 11) is 4.36. The van der Waals surface area contributed by atoms with Crippen molar-refractivity contribution in [3.63, 3.8) is 0 Å². The van der Waals surface area contributed by atoms with Crippen molar-refractivity contribution in [1.29, 1.82) is 0 Å². The summed E-state index contributed by atoms with van der Waals surface area (Å²) in [5, 5.41) is 48.5. The second-order valence-electron chi connectivity index (χ2n) is 7.46. The van der Waals surface area contributed by atoms with Crippen LogP contribution in [0.4, 0.5) is 0 Å². The molecule has 2 aromatic rings. The second-order valence-corrected chi connectivity index (χ2v) is 7.46. The van der Waals surface area contributed by atoms with E-state index in [2.05, 4.69) is 0 Å². The maximum absolute atomic E-state index is 11.0. The van der Waals surface area contributed by atoms with Crippen molar-refractivity contribution < 1.29 is 49.2 Å². The Morgan fingerprint density at radius 3 is 1.85 bits per heavy atom. The lowest BCUT2D eigenvalue weighted by Gasteiger charge is -2.26. The lowest BCUT2D eigenvalue weighted by molar-refractivity contribution is -0.00183. The van der Waals surface area contributed by atoms with Gasteiger partial charge in [0, 0.05) is 6.61 Å². The first kappa shape index (κ1) is 27.5. The average molecular weight is 483 g/mol. The molecule has 0 saturated heterocycles. The molecule has 0 heterocycles. The number of hydrogen-bond donors (Lipinski definition) is 5. The van der Waals surface area contributed by atoms with Crippen LogP contribution in [-0.4, -0.2) is 85.5 Å². The van der Waals surface area contributed by atoms with E-state index in [1.165, 1.54) is 33.5 Å². The Morgan fingerprint density at radius 2 is 1.35 bits per heavy atom. The van der Waals surface area contributed by atoms with E-state index in [1.54, 1.807) is 18.2 Å². The lowest BCUT2D eigenvalue weighted by atomic mass is 10.0. The Hall–Kier alpha value is -2.76. The topological polar surface area (TPSA) is 147 Å². The van der Waals surface area contributed by atoms with Gasteiger partial charge in [0.25, 0.3) is 0 Å². The molecule has 190 valence electrons. The summed E-state index contributed by atoms with van der Waals surface area (Å²) < 4.78 is 27.7. The third-order valence-corrected chi connectivity index (χ3v) is 5.18. The Bertz CT molecular complexity index is 859. The van der Waals surface area contributed by atoms with Gasteiger partial charge in [-0.3, -0.25) is 0 Å². The number of ether oxygens (including phenoxy) is 5. The van der Waals surface area contributed by atoms with Crippen LogP contribution >= 0.6 is 0 Å². The van der Waals surface area contributed by atoms with Gasteiger partial charge in [0.1, 0.15) is 12.2 Å². The van der Waals surface area contributed by atoms with Crippen molar-refractivity contribution in [1.82, 2.24) is 0 Å². The van der Waals surface area contributed by atoms with E-state index in [4.69, 9.17) is 28.8 Å². The minimum absolute atomic E-state index is 0.0512. The van der Waals surface area contributed by atoms with Gasteiger partial charge in [0.2, 0.25) is 5.75 Å². The fourth-order valence-corrected chi connectivity index (χ4v) is 3.32. The molecule has 34 heavy (non-hydrogen) atoms. The highest BCUT2D eigenvalue weighted by atomic mass is 16.6. The van der Waals surface area contributed by atoms with Gasteiger partial charge in [0.15, 0.2) is 29.1 Å². The molecule has 2 rings (SSSR count). The van der Waals surface area contributed by atoms with Crippen LogP contribution < -0.4 is 23.7 Å². The monoisotopic (exact) mass is 482 g/mol. The quantitative estimate of drug-likeness (QED) is 0.247. The molecule has 2 aromatic carbocycles. The van der Waals surface area contributed by atoms with E-state index in [-0.39, 0.29) is 37.1 Å². The predicted molar refractivity (Wildman–Crippen MR) is 123 cm³/mol. The average Bonchev–Trinajstić information content (AvgIpc) is 2.88. The van der Waals surface area contributed by atoms with Crippen LogP contribution in [-0.2, 0) is 6.42 Å². The Balaban J connectivity index is 2.31. The summed E-state index contributed by atoms with van der Waals surface area (Å²) in [5.74, 6) is 1.48. The maximum Gasteiger partial charge on any atom is 0.204 e. The first-order valence-electron chi connectivity index (χ1n) is 10.8. The van der Waals surface area contributed by atoms with E-state index in [1.807, 2.05) is 0 Å². The largest absolute Gasteiger partial charge is 0.493 e. The van der Waals surface area contributed by atoms with E-state index >= 15 is 0 Å². The molecular weight excluding hydrogens is 448 g/mol. The fraction of sp³-hybridized carbons (Fsp3) is 0.500. The number of aliphatic hydroxyl groups excluding tert-OH is 5. The molecule has 0 spiro atoms. The third kappa shape index (κ3) is 6.87. The van der Waals surface area contributed by atoms with Crippen molar-refractivity contribution in [2.75, 3.05) is 47.8 Å². The molecule has 0 saturated carbocycles. The van der Waals surface area contributed by atoms with Crippen molar-refractivity contribution >= 4 is 0 Å². The first-order valence-corrected chi connectivity index (χ1v) is 10.8. The molecule has 2 atom stereocenters. The van der Waals surface area contributed by atoms with Crippen LogP contribution in [0.25, 0.3) is 0 Å². The van der Waals surface area contributed by atoms with Gasteiger partial charge in [-0.05, 0) is 48.2 Å². The zero-order valence-corrected chi connectivity index (χ0v) is 19.6. The molecule has 0 aliphatic rings. The number of methoxy groups -OCH3 is 3. The molecule has 0 unspecified atom stereocenters. The second kappa shape index (κ2) is 13.8. The minimum atomic E-state index is -1.26. The lowest BCUT2D eigenvalue weighted by Crippen LogP contribution is -2.29. The van der Waals surface area contributed by atoms with E-state index in [0.717, 1.165) is 5.56 Å². The Morgan fingerprint density at radius 1 is 0.735 bits per heavy atom. The van der Waals surface area contributed by atoms with Gasteiger partial charge < -0.3 is 49.2 Å². The summed E-state index contributed by atoms with van der Waals surface area (Å²) in [5.41, 5.74) is 1.26. The first-order chi connectivity index (χ1) is 16.5. The molecule has 0 amide bonds. The van der Waals surface area contributed by atoms with Gasteiger partial charge in [-0.25, -0.2) is 0 Å². The standard InChI is InChI=1S/C24H34O10/c1-30-19-11-16(6-7-18(19)33-17(12-26)13-27)23(29)22(14-28)34-24-20(31-2)9-15(5-4-8-25)10-21(24)32-3/h6-7,9-11,17,22-23,25-29H,4-5,8,12-14H2,1-3H3/t22-,23+/m1/s1. The van der Waals surface area contributed by atoms with Crippen LogP contribution in [0, 0.1) is 0 Å². The molecule has 10 heteroatoms. The summed E-state index contributed by atoms with van der Waals surface area (Å²) >= 11 is 0. The SMILES string of the molecule is COc1cc([C@H](O)[C@@H](CO)Oc2c(OC)cc(CCCO)cc2OC)ccc1OC(CO)CO. The number of aryl methyl sites for hydroxylation is 1. The van der Waals surface area contributed by atoms with Crippen LogP contribution in [0.5, 0.6) is 28.7 Å². The number of rotatable bonds is 15. The molecule has 0 radical (unpaired) electrons. The minimum Gasteiger partial charge on any atom is -0.493 e.